The van der Waals surface area contributed by atoms with E-state index in [1.807, 2.05) is 6.08 Å². The summed E-state index contributed by atoms with van der Waals surface area (Å²) in [7, 11) is -4.44. The number of amides is 1. The molecule has 0 spiro atoms. The lowest BCUT2D eigenvalue weighted by Crippen LogP contribution is -2.50. The lowest BCUT2D eigenvalue weighted by molar-refractivity contribution is -0.130. The molecule has 0 bridgehead atoms. The van der Waals surface area contributed by atoms with Crippen LogP contribution in [0.2, 0.25) is 0 Å². The Morgan fingerprint density at radius 1 is 0.519 bits per heavy atom. The van der Waals surface area contributed by atoms with E-state index in [0.717, 1.165) is 38.5 Å². The molecule has 3 unspecified atom stereocenters. The third-order valence-corrected chi connectivity index (χ3v) is 11.4. The zero-order chi connectivity index (χ0) is 38.4. The maximum absolute atomic E-state index is 12.6. The maximum Gasteiger partial charge on any atom is 0.267 e. The summed E-state index contributed by atoms with van der Waals surface area (Å²) >= 11 is 0. The lowest BCUT2D eigenvalue weighted by Gasteiger charge is -2.22. The van der Waals surface area contributed by atoms with E-state index < -0.39 is 40.0 Å². The van der Waals surface area contributed by atoms with Gasteiger partial charge in [0.25, 0.3) is 10.1 Å². The molecule has 0 aromatic heterocycles. The quantitative estimate of drug-likeness (QED) is 0.0280. The van der Waals surface area contributed by atoms with Crippen molar-refractivity contribution in [2.75, 3.05) is 5.75 Å². The summed E-state index contributed by atoms with van der Waals surface area (Å²) < 4.78 is 32.6. The molecule has 0 heterocycles. The van der Waals surface area contributed by atoms with Gasteiger partial charge in [0.1, 0.15) is 6.10 Å². The number of hydrogen-bond donors (Lipinski definition) is 4. The van der Waals surface area contributed by atoms with Crippen LogP contribution >= 0.6 is 0 Å². The number of aliphatic hydroxyl groups is 2. The van der Waals surface area contributed by atoms with Gasteiger partial charge in [-0.3, -0.25) is 9.35 Å². The fraction of sp³-hybridized carbons (Fsp3) is 0.932. The highest BCUT2D eigenvalue weighted by molar-refractivity contribution is 7.85. The van der Waals surface area contributed by atoms with Crippen LogP contribution in [0.25, 0.3) is 0 Å². The van der Waals surface area contributed by atoms with E-state index in [9.17, 15) is 28.0 Å². The topological polar surface area (TPSA) is 124 Å². The molecular weight excluding hydrogens is 671 g/mol. The van der Waals surface area contributed by atoms with Crippen LogP contribution in [-0.2, 0) is 14.9 Å². The smallest absolute Gasteiger partial charge is 0.267 e. The number of aliphatic hydroxyl groups excluding tert-OH is 2. The van der Waals surface area contributed by atoms with E-state index >= 15 is 0 Å². The molecule has 0 saturated heterocycles. The molecule has 52 heavy (non-hydrogen) atoms. The number of hydrogen-bond acceptors (Lipinski definition) is 5. The third-order valence-electron chi connectivity index (χ3n) is 10.6. The molecule has 310 valence electrons. The van der Waals surface area contributed by atoms with Crippen molar-refractivity contribution >= 4 is 16.0 Å². The second kappa shape index (κ2) is 38.3. The summed E-state index contributed by atoms with van der Waals surface area (Å²) in [6.45, 7) is 4.53. The van der Waals surface area contributed by atoms with E-state index in [4.69, 9.17) is 0 Å². The SMILES string of the molecule is CCCCCCCCCCCCCCCCCCCC/C=C/C(O)C(CS(=O)(=O)O)NC(=O)C(O)CCCCCCCCCCCCCCCCC. The van der Waals surface area contributed by atoms with Gasteiger partial charge in [0.2, 0.25) is 5.91 Å². The summed E-state index contributed by atoms with van der Waals surface area (Å²) in [5.41, 5.74) is 0. The molecule has 7 nitrogen and oxygen atoms in total. The second-order valence-corrected chi connectivity index (χ2v) is 17.3. The Bertz CT molecular complexity index is 895. The first kappa shape index (κ1) is 51.0. The Labute approximate surface area is 323 Å². The first-order valence-electron chi connectivity index (χ1n) is 22.5. The van der Waals surface area contributed by atoms with Crippen molar-refractivity contribution in [3.8, 4) is 0 Å². The van der Waals surface area contributed by atoms with Gasteiger partial charge in [-0.05, 0) is 19.3 Å². The number of rotatable bonds is 41. The highest BCUT2D eigenvalue weighted by atomic mass is 32.2. The molecule has 1 amide bonds. The molecule has 4 N–H and O–H groups in total. The average molecular weight is 758 g/mol. The Hall–Kier alpha value is -0.960. The molecule has 0 radical (unpaired) electrons. The first-order chi connectivity index (χ1) is 25.2. The summed E-state index contributed by atoms with van der Waals surface area (Å²) in [5.74, 6) is -1.52. The molecule has 0 fully saturated rings. The molecule has 0 aliphatic carbocycles. The van der Waals surface area contributed by atoms with Gasteiger partial charge in [0.05, 0.1) is 17.9 Å². The Kier molecular flexibility index (Phi) is 37.6. The highest BCUT2D eigenvalue weighted by Gasteiger charge is 2.27. The molecule has 0 rings (SSSR count). The second-order valence-electron chi connectivity index (χ2n) is 15.8. The number of carbonyl (C=O) groups is 1. The summed E-state index contributed by atoms with van der Waals surface area (Å²) in [5, 5.41) is 23.4. The van der Waals surface area contributed by atoms with Gasteiger partial charge in [-0.1, -0.05) is 231 Å². The molecule has 3 atom stereocenters. The predicted molar refractivity (Wildman–Crippen MR) is 222 cm³/mol. The van der Waals surface area contributed by atoms with Crippen LogP contribution in [0.5, 0.6) is 0 Å². The molecule has 0 aliphatic rings. The van der Waals surface area contributed by atoms with E-state index in [1.54, 1.807) is 0 Å². The van der Waals surface area contributed by atoms with Crippen LogP contribution in [0.15, 0.2) is 12.2 Å². The molecule has 8 heteroatoms. The van der Waals surface area contributed by atoms with Crippen molar-refractivity contribution in [2.24, 2.45) is 0 Å². The first-order valence-corrected chi connectivity index (χ1v) is 24.1. The van der Waals surface area contributed by atoms with Crippen LogP contribution in [0.3, 0.4) is 0 Å². The predicted octanol–water partition coefficient (Wildman–Crippen LogP) is 12.3. The Balaban J connectivity index is 3.95. The van der Waals surface area contributed by atoms with Gasteiger partial charge in [0, 0.05) is 0 Å². The largest absolute Gasteiger partial charge is 0.387 e. The molecule has 0 aromatic carbocycles. The van der Waals surface area contributed by atoms with Gasteiger partial charge >= 0.3 is 0 Å². The van der Waals surface area contributed by atoms with Crippen LogP contribution in [0, 0.1) is 0 Å². The van der Waals surface area contributed by atoms with E-state index in [2.05, 4.69) is 19.2 Å². The van der Waals surface area contributed by atoms with E-state index in [-0.39, 0.29) is 6.42 Å². The zero-order valence-corrected chi connectivity index (χ0v) is 35.1. The minimum atomic E-state index is -4.44. The van der Waals surface area contributed by atoms with Crippen LogP contribution in [0.1, 0.15) is 239 Å². The number of allylic oxidation sites excluding steroid dienone is 1. The fourth-order valence-corrected chi connectivity index (χ4v) is 7.84. The van der Waals surface area contributed by atoms with E-state index in [0.29, 0.717) is 6.42 Å². The van der Waals surface area contributed by atoms with Crippen LogP contribution in [0.4, 0.5) is 0 Å². The van der Waals surface area contributed by atoms with Crippen molar-refractivity contribution in [1.82, 2.24) is 5.32 Å². The zero-order valence-electron chi connectivity index (χ0n) is 34.3. The van der Waals surface area contributed by atoms with Gasteiger partial charge in [-0.15, -0.1) is 0 Å². The fourth-order valence-electron chi connectivity index (χ4n) is 7.11. The number of nitrogens with one attached hydrogen (secondary N) is 1. The van der Waals surface area contributed by atoms with Crippen molar-refractivity contribution in [1.29, 1.82) is 0 Å². The van der Waals surface area contributed by atoms with Crippen LogP contribution < -0.4 is 5.32 Å². The van der Waals surface area contributed by atoms with Gasteiger partial charge in [0.15, 0.2) is 0 Å². The lowest BCUT2D eigenvalue weighted by atomic mass is 10.0. The van der Waals surface area contributed by atoms with Gasteiger partial charge in [-0.25, -0.2) is 0 Å². The molecule has 0 saturated carbocycles. The normalized spacial score (nSPS) is 13.9. The minimum Gasteiger partial charge on any atom is -0.387 e. The molecular formula is C44H87NO6S. The summed E-state index contributed by atoms with van der Waals surface area (Å²) in [4.78, 5) is 12.6. The number of unbranched alkanes of at least 4 members (excludes halogenated alkanes) is 32. The number of carbonyl (C=O) groups excluding carboxylic acids is 1. The van der Waals surface area contributed by atoms with Crippen molar-refractivity contribution in [3.63, 3.8) is 0 Å². The van der Waals surface area contributed by atoms with Crippen molar-refractivity contribution in [2.45, 2.75) is 257 Å². The van der Waals surface area contributed by atoms with Crippen molar-refractivity contribution < 1.29 is 28.0 Å². The molecule has 0 aromatic rings. The average Bonchev–Trinajstić information content (AvgIpc) is 3.11. The maximum atomic E-state index is 12.6. The minimum absolute atomic E-state index is 0.286. The molecule has 0 aliphatic heterocycles. The summed E-state index contributed by atoms with van der Waals surface area (Å²) in [6, 6.07) is -1.23. The van der Waals surface area contributed by atoms with Crippen molar-refractivity contribution in [3.05, 3.63) is 12.2 Å². The Morgan fingerprint density at radius 3 is 1.15 bits per heavy atom. The van der Waals surface area contributed by atoms with Gasteiger partial charge < -0.3 is 15.5 Å². The van der Waals surface area contributed by atoms with E-state index in [1.165, 1.54) is 179 Å². The monoisotopic (exact) mass is 758 g/mol. The highest BCUT2D eigenvalue weighted by Crippen LogP contribution is 2.16. The third kappa shape index (κ3) is 37.4. The Morgan fingerprint density at radius 2 is 0.827 bits per heavy atom. The van der Waals surface area contributed by atoms with Crippen LogP contribution in [-0.4, -0.2) is 53.1 Å². The van der Waals surface area contributed by atoms with Gasteiger partial charge in [-0.2, -0.15) is 8.42 Å². The summed E-state index contributed by atoms with van der Waals surface area (Å²) in [6.07, 6.45) is 44.1. The standard InChI is InChI=1S/C44H87NO6S/c1-3-5-7-9-11-13-15-17-19-20-21-22-23-25-26-28-30-32-34-36-38-42(46)41(40-52(49,50)51)45-44(48)43(47)39-37-35-33-31-29-27-24-18-16-14-12-10-8-6-4-2/h36,38,41-43,46-47H,3-35,37,39-40H2,1-2H3,(H,45,48)(H,49,50,51)/b38-36+.